The Morgan fingerprint density at radius 2 is 2.11 bits per heavy atom. The molecular formula is C15H18FNO2. The third-order valence-corrected chi connectivity index (χ3v) is 3.86. The van der Waals surface area contributed by atoms with Crippen LogP contribution >= 0.6 is 0 Å². The molecule has 4 heteroatoms. The molecular weight excluding hydrogens is 245 g/mol. The van der Waals surface area contributed by atoms with Crippen molar-refractivity contribution in [2.75, 3.05) is 7.11 Å². The van der Waals surface area contributed by atoms with Crippen LogP contribution in [0, 0.1) is 0 Å². The van der Waals surface area contributed by atoms with Crippen LogP contribution in [0.25, 0.3) is 0 Å². The third-order valence-electron chi connectivity index (χ3n) is 3.86. The lowest BCUT2D eigenvalue weighted by molar-refractivity contribution is 0.343. The number of methoxy groups -OCH3 is 1. The Kier molecular flexibility index (Phi) is 4.01. The zero-order chi connectivity index (χ0) is 13.9. The van der Waals surface area contributed by atoms with Gasteiger partial charge in [-0.15, -0.1) is 0 Å². The summed E-state index contributed by atoms with van der Waals surface area (Å²) < 4.78 is 19.2. The molecule has 102 valence electrons. The van der Waals surface area contributed by atoms with E-state index in [0.717, 1.165) is 25.7 Å². The van der Waals surface area contributed by atoms with Crippen molar-refractivity contribution in [3.63, 3.8) is 0 Å². The maximum absolute atomic E-state index is 13.9. The van der Waals surface area contributed by atoms with Crippen LogP contribution in [0.4, 0.5) is 4.39 Å². The Hall–Kier alpha value is -1.67. The Bertz CT molecular complexity index is 501. The minimum absolute atomic E-state index is 0.556. The predicted molar refractivity (Wildman–Crippen MR) is 70.8 cm³/mol. The van der Waals surface area contributed by atoms with Gasteiger partial charge < -0.3 is 4.74 Å². The van der Waals surface area contributed by atoms with Crippen LogP contribution in [0.1, 0.15) is 49.9 Å². The zero-order valence-electron chi connectivity index (χ0n) is 11.3. The molecule has 1 aromatic rings. The molecule has 0 heterocycles. The first-order valence-corrected chi connectivity index (χ1v) is 6.55. The van der Waals surface area contributed by atoms with Crippen molar-refractivity contribution in [3.05, 3.63) is 29.3 Å². The molecule has 0 bridgehead atoms. The van der Waals surface area contributed by atoms with E-state index >= 15 is 0 Å². The van der Waals surface area contributed by atoms with E-state index < -0.39 is 11.7 Å². The fourth-order valence-electron chi connectivity index (χ4n) is 3.01. The molecule has 0 N–H and O–H groups in total. The number of rotatable bonds is 4. The molecule has 0 spiro atoms. The molecule has 0 aromatic heterocycles. The van der Waals surface area contributed by atoms with Crippen molar-refractivity contribution in [3.8, 4) is 5.75 Å². The van der Waals surface area contributed by atoms with Gasteiger partial charge in [0.05, 0.1) is 7.11 Å². The van der Waals surface area contributed by atoms with Crippen LogP contribution in [0.15, 0.2) is 23.2 Å². The number of alkyl halides is 1. The molecule has 0 saturated heterocycles. The molecule has 1 aliphatic carbocycles. The molecule has 0 aliphatic heterocycles. The zero-order valence-corrected chi connectivity index (χ0v) is 11.3. The quantitative estimate of drug-likeness (QED) is 0.611. The SMILES string of the molecule is COc1cccc(C(C)F)c1C1(N=C=O)CCCC1. The van der Waals surface area contributed by atoms with E-state index in [4.69, 9.17) is 4.74 Å². The highest BCUT2D eigenvalue weighted by atomic mass is 19.1. The molecule has 2 rings (SSSR count). The average molecular weight is 263 g/mol. The highest BCUT2D eigenvalue weighted by Crippen LogP contribution is 2.48. The molecule has 1 atom stereocenters. The molecule has 1 unspecified atom stereocenters. The molecule has 1 aliphatic rings. The van der Waals surface area contributed by atoms with E-state index in [1.807, 2.05) is 0 Å². The van der Waals surface area contributed by atoms with Crippen molar-refractivity contribution >= 4 is 6.08 Å². The van der Waals surface area contributed by atoms with Gasteiger partial charge in [-0.05, 0) is 31.4 Å². The van der Waals surface area contributed by atoms with Gasteiger partial charge in [0.1, 0.15) is 17.5 Å². The van der Waals surface area contributed by atoms with Crippen LogP contribution in [0.5, 0.6) is 5.75 Å². The Labute approximate surface area is 112 Å². The first kappa shape index (κ1) is 13.8. The maximum Gasteiger partial charge on any atom is 0.235 e. The number of isocyanates is 1. The van der Waals surface area contributed by atoms with Gasteiger partial charge in [-0.1, -0.05) is 25.0 Å². The van der Waals surface area contributed by atoms with E-state index in [2.05, 4.69) is 4.99 Å². The summed E-state index contributed by atoms with van der Waals surface area (Å²) in [5.74, 6) is 0.600. The third kappa shape index (κ3) is 2.41. The van der Waals surface area contributed by atoms with Gasteiger partial charge in [-0.25, -0.2) is 9.18 Å². The fourth-order valence-corrected chi connectivity index (χ4v) is 3.01. The molecule has 3 nitrogen and oxygen atoms in total. The van der Waals surface area contributed by atoms with Crippen molar-refractivity contribution in [1.29, 1.82) is 0 Å². The van der Waals surface area contributed by atoms with E-state index in [1.165, 1.54) is 6.92 Å². The molecule has 0 radical (unpaired) electrons. The highest BCUT2D eigenvalue weighted by molar-refractivity contribution is 5.49. The smallest absolute Gasteiger partial charge is 0.235 e. The lowest BCUT2D eigenvalue weighted by Gasteiger charge is -2.28. The standard InChI is InChI=1S/C15H18FNO2/c1-11(16)12-6-5-7-13(19-2)14(12)15(17-10-18)8-3-4-9-15/h5-7,11H,3-4,8-9H2,1-2H3. The monoisotopic (exact) mass is 263 g/mol. The van der Waals surface area contributed by atoms with Gasteiger partial charge in [-0.3, -0.25) is 0 Å². The summed E-state index contributed by atoms with van der Waals surface area (Å²) in [7, 11) is 1.55. The Balaban J connectivity index is 2.67. The van der Waals surface area contributed by atoms with E-state index in [0.29, 0.717) is 16.9 Å². The number of benzene rings is 1. The normalized spacial score (nSPS) is 18.7. The van der Waals surface area contributed by atoms with E-state index in [-0.39, 0.29) is 0 Å². The average Bonchev–Trinajstić information content (AvgIpc) is 2.87. The summed E-state index contributed by atoms with van der Waals surface area (Å²) in [6.07, 6.45) is 3.97. The number of carbonyl (C=O) groups excluding carboxylic acids is 1. The van der Waals surface area contributed by atoms with Crippen molar-refractivity contribution in [1.82, 2.24) is 0 Å². The number of aliphatic imine (C=N–C) groups is 1. The van der Waals surface area contributed by atoms with Gasteiger partial charge >= 0.3 is 0 Å². The van der Waals surface area contributed by atoms with Crippen LogP contribution in [0.3, 0.4) is 0 Å². The number of halogens is 1. The van der Waals surface area contributed by atoms with Crippen LogP contribution in [0.2, 0.25) is 0 Å². The minimum Gasteiger partial charge on any atom is -0.496 e. The summed E-state index contributed by atoms with van der Waals surface area (Å²) >= 11 is 0. The summed E-state index contributed by atoms with van der Waals surface area (Å²) in [5.41, 5.74) is 0.609. The highest BCUT2D eigenvalue weighted by Gasteiger charge is 2.40. The van der Waals surface area contributed by atoms with Crippen molar-refractivity contribution < 1.29 is 13.9 Å². The summed E-state index contributed by atoms with van der Waals surface area (Å²) in [5, 5.41) is 0. The van der Waals surface area contributed by atoms with Gasteiger partial charge in [0.2, 0.25) is 6.08 Å². The number of hydrogen-bond donors (Lipinski definition) is 0. The van der Waals surface area contributed by atoms with Gasteiger partial charge in [-0.2, -0.15) is 4.99 Å². The van der Waals surface area contributed by atoms with Crippen molar-refractivity contribution in [2.45, 2.75) is 44.3 Å². The largest absolute Gasteiger partial charge is 0.496 e. The fraction of sp³-hybridized carbons (Fsp3) is 0.533. The predicted octanol–water partition coefficient (Wildman–Crippen LogP) is 3.83. The molecule has 1 fully saturated rings. The number of ether oxygens (including phenoxy) is 1. The van der Waals surface area contributed by atoms with Gasteiger partial charge in [0.15, 0.2) is 0 Å². The summed E-state index contributed by atoms with van der Waals surface area (Å²) in [4.78, 5) is 14.8. The topological polar surface area (TPSA) is 38.7 Å². The number of hydrogen-bond acceptors (Lipinski definition) is 3. The molecule has 1 saturated carbocycles. The lowest BCUT2D eigenvalue weighted by Crippen LogP contribution is -2.22. The first-order valence-electron chi connectivity index (χ1n) is 6.55. The molecule has 0 amide bonds. The Morgan fingerprint density at radius 3 is 2.63 bits per heavy atom. The summed E-state index contributed by atoms with van der Waals surface area (Å²) in [6, 6.07) is 5.30. The second-order valence-electron chi connectivity index (χ2n) is 4.98. The second-order valence-corrected chi connectivity index (χ2v) is 4.98. The van der Waals surface area contributed by atoms with Gasteiger partial charge in [0, 0.05) is 5.56 Å². The first-order chi connectivity index (χ1) is 9.14. The second kappa shape index (κ2) is 5.54. The maximum atomic E-state index is 13.9. The lowest BCUT2D eigenvalue weighted by atomic mass is 9.83. The van der Waals surface area contributed by atoms with E-state index in [1.54, 1.807) is 31.4 Å². The molecule has 19 heavy (non-hydrogen) atoms. The van der Waals surface area contributed by atoms with E-state index in [9.17, 15) is 9.18 Å². The molecule has 1 aromatic carbocycles. The van der Waals surface area contributed by atoms with Crippen LogP contribution in [-0.2, 0) is 10.3 Å². The minimum atomic E-state index is -1.12. The van der Waals surface area contributed by atoms with Crippen LogP contribution in [-0.4, -0.2) is 13.2 Å². The Morgan fingerprint density at radius 1 is 1.42 bits per heavy atom. The summed E-state index contributed by atoms with van der Waals surface area (Å²) in [6.45, 7) is 1.49. The van der Waals surface area contributed by atoms with Crippen LogP contribution < -0.4 is 4.74 Å². The number of nitrogens with zero attached hydrogens (tertiary/aromatic N) is 1. The van der Waals surface area contributed by atoms with Crippen molar-refractivity contribution in [2.24, 2.45) is 4.99 Å². The van der Waals surface area contributed by atoms with Gasteiger partial charge in [0.25, 0.3) is 0 Å².